The van der Waals surface area contributed by atoms with Crippen molar-refractivity contribution in [1.29, 1.82) is 0 Å². The fourth-order valence-electron chi connectivity index (χ4n) is 2.53. The van der Waals surface area contributed by atoms with Crippen LogP contribution < -0.4 is 5.32 Å². The van der Waals surface area contributed by atoms with Gasteiger partial charge in [-0.15, -0.1) is 0 Å². The molecule has 0 fully saturated rings. The number of amides is 1. The maximum Gasteiger partial charge on any atom is 0.220 e. The molecule has 0 bridgehead atoms. The lowest BCUT2D eigenvalue weighted by molar-refractivity contribution is -0.121. The van der Waals surface area contributed by atoms with Gasteiger partial charge in [-0.05, 0) is 35.7 Å². The van der Waals surface area contributed by atoms with E-state index in [0.717, 1.165) is 5.56 Å². The van der Waals surface area contributed by atoms with Crippen LogP contribution in [0, 0.1) is 5.82 Å². The number of carbonyl (C=O) groups excluding carboxylic acids is 1. The fourth-order valence-corrected chi connectivity index (χ4v) is 2.53. The second-order valence-corrected chi connectivity index (χ2v) is 5.66. The molecule has 0 unspecified atom stereocenters. The molecule has 3 aromatic rings. The molecule has 0 aliphatic rings. The maximum atomic E-state index is 14.2. The molecule has 2 N–H and O–H groups in total. The lowest BCUT2D eigenvalue weighted by atomic mass is 10.1. The van der Waals surface area contributed by atoms with Crippen LogP contribution >= 0.6 is 0 Å². The molecule has 3 rings (SSSR count). The average Bonchev–Trinajstić information content (AvgIpc) is 3.13. The third-order valence-corrected chi connectivity index (χ3v) is 3.90. The zero-order valence-electron chi connectivity index (χ0n) is 13.5. The molecular weight excluding hydrogens is 321 g/mol. The number of benzene rings is 2. The van der Waals surface area contributed by atoms with E-state index in [-0.39, 0.29) is 30.4 Å². The van der Waals surface area contributed by atoms with Crippen LogP contribution in [0.15, 0.2) is 61.2 Å². The standard InChI is InChI=1S/C19H18FN3O2/c20-16-11-14(5-7-17(16)23-10-9-21-13-23)12-22-19(25)8-6-15-3-1-2-4-18(15)24/h1-5,7,9-11,13,24H,6,8,12H2,(H,22,25). The van der Waals surface area contributed by atoms with Gasteiger partial charge in [0.1, 0.15) is 11.6 Å². The molecule has 1 aromatic heterocycles. The van der Waals surface area contributed by atoms with E-state index in [1.807, 2.05) is 6.07 Å². The number of phenols is 1. The number of aromatic nitrogens is 2. The van der Waals surface area contributed by atoms with Gasteiger partial charge >= 0.3 is 0 Å². The number of imidazole rings is 1. The van der Waals surface area contributed by atoms with Gasteiger partial charge in [-0.1, -0.05) is 24.3 Å². The summed E-state index contributed by atoms with van der Waals surface area (Å²) in [5.74, 6) is -0.339. The second kappa shape index (κ2) is 7.61. The summed E-state index contributed by atoms with van der Waals surface area (Å²) in [5, 5.41) is 12.5. The van der Waals surface area contributed by atoms with Crippen LogP contribution in [0.3, 0.4) is 0 Å². The van der Waals surface area contributed by atoms with Crippen molar-refractivity contribution in [2.45, 2.75) is 19.4 Å². The number of para-hydroxylation sites is 1. The number of hydrogen-bond acceptors (Lipinski definition) is 3. The number of phenolic OH excluding ortho intramolecular Hbond substituents is 1. The Morgan fingerprint density at radius 1 is 1.24 bits per heavy atom. The lowest BCUT2D eigenvalue weighted by Crippen LogP contribution is -2.23. The van der Waals surface area contributed by atoms with Crippen molar-refractivity contribution in [3.63, 3.8) is 0 Å². The molecule has 128 valence electrons. The van der Waals surface area contributed by atoms with E-state index in [0.29, 0.717) is 17.7 Å². The van der Waals surface area contributed by atoms with E-state index in [1.54, 1.807) is 47.3 Å². The highest BCUT2D eigenvalue weighted by atomic mass is 19.1. The lowest BCUT2D eigenvalue weighted by Gasteiger charge is -2.09. The van der Waals surface area contributed by atoms with E-state index in [2.05, 4.69) is 10.3 Å². The number of hydrogen-bond donors (Lipinski definition) is 2. The van der Waals surface area contributed by atoms with Crippen LogP contribution in [-0.2, 0) is 17.8 Å². The SMILES string of the molecule is O=C(CCc1ccccc1O)NCc1ccc(-n2ccnc2)c(F)c1. The maximum absolute atomic E-state index is 14.2. The molecule has 0 aliphatic heterocycles. The van der Waals surface area contributed by atoms with Gasteiger partial charge in [0.15, 0.2) is 0 Å². The predicted molar refractivity (Wildman–Crippen MR) is 91.8 cm³/mol. The summed E-state index contributed by atoms with van der Waals surface area (Å²) >= 11 is 0. The zero-order valence-corrected chi connectivity index (χ0v) is 13.5. The largest absolute Gasteiger partial charge is 0.508 e. The van der Waals surface area contributed by atoms with Crippen LogP contribution in [0.5, 0.6) is 5.75 Å². The first-order chi connectivity index (χ1) is 12.1. The minimum Gasteiger partial charge on any atom is -0.508 e. The van der Waals surface area contributed by atoms with Gasteiger partial charge in [0.2, 0.25) is 5.91 Å². The van der Waals surface area contributed by atoms with E-state index in [9.17, 15) is 14.3 Å². The molecule has 1 heterocycles. The van der Waals surface area contributed by atoms with Crippen LogP contribution in [0.25, 0.3) is 5.69 Å². The van der Waals surface area contributed by atoms with Crippen molar-refractivity contribution in [2.24, 2.45) is 0 Å². The number of aromatic hydroxyl groups is 1. The molecule has 25 heavy (non-hydrogen) atoms. The number of rotatable bonds is 6. The van der Waals surface area contributed by atoms with Crippen LogP contribution in [0.2, 0.25) is 0 Å². The highest BCUT2D eigenvalue weighted by Crippen LogP contribution is 2.17. The Morgan fingerprint density at radius 2 is 2.08 bits per heavy atom. The van der Waals surface area contributed by atoms with Crippen molar-refractivity contribution in [3.05, 3.63) is 78.1 Å². The smallest absolute Gasteiger partial charge is 0.220 e. The molecule has 0 radical (unpaired) electrons. The summed E-state index contributed by atoms with van der Waals surface area (Å²) in [5.41, 5.74) is 1.82. The third kappa shape index (κ3) is 4.23. The molecule has 6 heteroatoms. The molecule has 5 nitrogen and oxygen atoms in total. The highest BCUT2D eigenvalue weighted by Gasteiger charge is 2.08. The average molecular weight is 339 g/mol. The van der Waals surface area contributed by atoms with Crippen LogP contribution in [0.4, 0.5) is 4.39 Å². The predicted octanol–water partition coefficient (Wildman–Crippen LogP) is 2.97. The molecule has 0 saturated carbocycles. The first-order valence-electron chi connectivity index (χ1n) is 7.94. The van der Waals surface area contributed by atoms with Crippen LogP contribution in [-0.4, -0.2) is 20.6 Å². The highest BCUT2D eigenvalue weighted by molar-refractivity contribution is 5.76. The molecule has 1 amide bonds. The first-order valence-corrected chi connectivity index (χ1v) is 7.94. The summed E-state index contributed by atoms with van der Waals surface area (Å²) in [6.07, 6.45) is 5.48. The van der Waals surface area contributed by atoms with Gasteiger partial charge in [0.25, 0.3) is 0 Å². The van der Waals surface area contributed by atoms with Gasteiger partial charge in [-0.25, -0.2) is 9.37 Å². The summed E-state index contributed by atoms with van der Waals surface area (Å²) in [6.45, 7) is 0.251. The van der Waals surface area contributed by atoms with Gasteiger partial charge in [0.05, 0.1) is 12.0 Å². The van der Waals surface area contributed by atoms with Crippen LogP contribution in [0.1, 0.15) is 17.5 Å². The Labute approximate surface area is 144 Å². The third-order valence-electron chi connectivity index (χ3n) is 3.90. The van der Waals surface area contributed by atoms with Gasteiger partial charge in [-0.2, -0.15) is 0 Å². The van der Waals surface area contributed by atoms with E-state index in [1.165, 1.54) is 12.4 Å². The minimum atomic E-state index is -0.376. The molecule has 0 aliphatic carbocycles. The van der Waals surface area contributed by atoms with Crippen molar-refractivity contribution < 1.29 is 14.3 Å². The van der Waals surface area contributed by atoms with Gasteiger partial charge < -0.3 is 15.0 Å². The number of carbonyl (C=O) groups is 1. The van der Waals surface area contributed by atoms with Gasteiger partial charge in [-0.3, -0.25) is 4.79 Å². The summed E-state index contributed by atoms with van der Waals surface area (Å²) < 4.78 is 15.7. The normalized spacial score (nSPS) is 10.6. The zero-order chi connectivity index (χ0) is 17.6. The number of aryl methyl sites for hydroxylation is 1. The van der Waals surface area contributed by atoms with Crippen molar-refractivity contribution in [1.82, 2.24) is 14.9 Å². The molecule has 0 spiro atoms. The van der Waals surface area contributed by atoms with E-state index in [4.69, 9.17) is 0 Å². The molecule has 0 saturated heterocycles. The summed E-state index contributed by atoms with van der Waals surface area (Å²) in [7, 11) is 0. The molecular formula is C19H18FN3O2. The Morgan fingerprint density at radius 3 is 2.80 bits per heavy atom. The molecule has 0 atom stereocenters. The minimum absolute atomic E-state index is 0.151. The number of nitrogens with one attached hydrogen (secondary N) is 1. The van der Waals surface area contributed by atoms with Crippen molar-refractivity contribution in [3.8, 4) is 11.4 Å². The molecule has 2 aromatic carbocycles. The Hall–Kier alpha value is -3.15. The van der Waals surface area contributed by atoms with E-state index >= 15 is 0 Å². The van der Waals surface area contributed by atoms with E-state index < -0.39 is 0 Å². The number of nitrogens with zero attached hydrogens (tertiary/aromatic N) is 2. The van der Waals surface area contributed by atoms with Gasteiger partial charge in [0, 0.05) is 25.4 Å². The van der Waals surface area contributed by atoms with Crippen molar-refractivity contribution in [2.75, 3.05) is 0 Å². The Kier molecular flexibility index (Phi) is 5.09. The monoisotopic (exact) mass is 339 g/mol. The topological polar surface area (TPSA) is 67.2 Å². The quantitative estimate of drug-likeness (QED) is 0.725. The van der Waals surface area contributed by atoms with Crippen molar-refractivity contribution >= 4 is 5.91 Å². The Balaban J connectivity index is 1.54. The summed E-state index contributed by atoms with van der Waals surface area (Å²) in [4.78, 5) is 15.8. The number of halogens is 1. The Bertz CT molecular complexity index is 863. The summed E-state index contributed by atoms with van der Waals surface area (Å²) in [6, 6.07) is 11.8. The fraction of sp³-hybridized carbons (Fsp3) is 0.158. The first kappa shape index (κ1) is 16.7. The second-order valence-electron chi connectivity index (χ2n) is 5.66.